The summed E-state index contributed by atoms with van der Waals surface area (Å²) in [6, 6.07) is 8.04. The number of benzene rings is 1. The largest absolute Gasteiger partial charge is 0.481 e. The summed E-state index contributed by atoms with van der Waals surface area (Å²) in [5.74, 6) is -0.0770. The van der Waals surface area contributed by atoms with E-state index in [9.17, 15) is 9.90 Å². The molecule has 2 heteroatoms. The second kappa shape index (κ2) is 5.55. The highest BCUT2D eigenvalue weighted by atomic mass is 16.4. The zero-order chi connectivity index (χ0) is 13.9. The number of aliphatic carboxylic acids is 1. The van der Waals surface area contributed by atoms with Crippen LogP contribution >= 0.6 is 0 Å². The summed E-state index contributed by atoms with van der Waals surface area (Å²) in [7, 11) is 0. The fourth-order valence-electron chi connectivity index (χ4n) is 2.16. The van der Waals surface area contributed by atoms with E-state index in [-0.39, 0.29) is 5.92 Å². The van der Waals surface area contributed by atoms with E-state index in [0.29, 0.717) is 5.92 Å². The lowest BCUT2D eigenvalue weighted by Crippen LogP contribution is -2.37. The van der Waals surface area contributed by atoms with Crippen molar-refractivity contribution in [3.05, 3.63) is 35.4 Å². The molecule has 1 aromatic rings. The standard InChI is InChI=1S/C16H24O2/c1-11(2)10-13-6-8-14(9-7-13)16(5,12(3)4)15(17)18/h6-9,11-12H,10H2,1-5H3,(H,17,18)/t16-/m0/s1. The molecule has 1 N–H and O–H groups in total. The minimum Gasteiger partial charge on any atom is -0.481 e. The maximum atomic E-state index is 11.5. The van der Waals surface area contributed by atoms with Gasteiger partial charge in [-0.3, -0.25) is 4.79 Å². The Labute approximate surface area is 110 Å². The Bertz CT molecular complexity index is 404. The van der Waals surface area contributed by atoms with Crippen LogP contribution in [0.15, 0.2) is 24.3 Å². The predicted molar refractivity (Wildman–Crippen MR) is 74.8 cm³/mol. The smallest absolute Gasteiger partial charge is 0.314 e. The van der Waals surface area contributed by atoms with E-state index in [1.807, 2.05) is 26.0 Å². The van der Waals surface area contributed by atoms with Gasteiger partial charge >= 0.3 is 5.97 Å². The van der Waals surface area contributed by atoms with Crippen LogP contribution in [0.3, 0.4) is 0 Å². The fourth-order valence-corrected chi connectivity index (χ4v) is 2.16. The second-order valence-corrected chi connectivity index (χ2v) is 5.96. The molecule has 0 fully saturated rings. The molecule has 2 nitrogen and oxygen atoms in total. The van der Waals surface area contributed by atoms with Crippen molar-refractivity contribution in [2.24, 2.45) is 11.8 Å². The fraction of sp³-hybridized carbons (Fsp3) is 0.562. The van der Waals surface area contributed by atoms with Crippen LogP contribution in [-0.2, 0) is 16.6 Å². The molecule has 1 aromatic carbocycles. The summed E-state index contributed by atoms with van der Waals surface area (Å²) in [5.41, 5.74) is 1.35. The van der Waals surface area contributed by atoms with Gasteiger partial charge in [0.1, 0.15) is 0 Å². The third-order valence-electron chi connectivity index (χ3n) is 3.80. The quantitative estimate of drug-likeness (QED) is 0.858. The average molecular weight is 248 g/mol. The van der Waals surface area contributed by atoms with Gasteiger partial charge in [-0.15, -0.1) is 0 Å². The number of rotatable bonds is 5. The summed E-state index contributed by atoms with van der Waals surface area (Å²) in [6.45, 7) is 10.1. The average Bonchev–Trinajstić information content (AvgIpc) is 2.27. The zero-order valence-corrected chi connectivity index (χ0v) is 12.0. The molecule has 0 spiro atoms. The van der Waals surface area contributed by atoms with Crippen LogP contribution in [0.25, 0.3) is 0 Å². The highest BCUT2D eigenvalue weighted by molar-refractivity contribution is 5.81. The predicted octanol–water partition coefficient (Wildman–Crippen LogP) is 3.88. The minimum atomic E-state index is -0.809. The molecule has 0 amide bonds. The molecule has 0 bridgehead atoms. The van der Waals surface area contributed by atoms with E-state index in [1.54, 1.807) is 6.92 Å². The second-order valence-electron chi connectivity index (χ2n) is 5.96. The molecule has 0 saturated heterocycles. The van der Waals surface area contributed by atoms with Crippen LogP contribution in [0, 0.1) is 11.8 Å². The van der Waals surface area contributed by atoms with Gasteiger partial charge in [0.05, 0.1) is 5.41 Å². The molecule has 0 aliphatic carbocycles. The van der Waals surface area contributed by atoms with Gasteiger partial charge in [0, 0.05) is 0 Å². The Morgan fingerprint density at radius 2 is 1.67 bits per heavy atom. The van der Waals surface area contributed by atoms with Gasteiger partial charge in [0.2, 0.25) is 0 Å². The number of hydrogen-bond donors (Lipinski definition) is 1. The molecule has 18 heavy (non-hydrogen) atoms. The molecule has 0 aliphatic heterocycles. The molecule has 0 aliphatic rings. The SMILES string of the molecule is CC(C)Cc1ccc([C@@](C)(C(=O)O)C(C)C)cc1. The molecule has 0 heterocycles. The lowest BCUT2D eigenvalue weighted by atomic mass is 9.73. The third kappa shape index (κ3) is 2.92. The first kappa shape index (κ1) is 14.7. The molecule has 0 unspecified atom stereocenters. The Kier molecular flexibility index (Phi) is 4.55. The molecule has 1 rings (SSSR count). The lowest BCUT2D eigenvalue weighted by Gasteiger charge is -2.29. The Morgan fingerprint density at radius 1 is 1.17 bits per heavy atom. The Balaban J connectivity index is 3.06. The maximum Gasteiger partial charge on any atom is 0.314 e. The first-order valence-electron chi connectivity index (χ1n) is 6.61. The van der Waals surface area contributed by atoms with Gasteiger partial charge < -0.3 is 5.11 Å². The van der Waals surface area contributed by atoms with Crippen LogP contribution in [0.2, 0.25) is 0 Å². The monoisotopic (exact) mass is 248 g/mol. The molecular weight excluding hydrogens is 224 g/mol. The number of carboxylic acids is 1. The number of carboxylic acid groups (broad SMARTS) is 1. The summed E-state index contributed by atoms with van der Waals surface area (Å²) >= 11 is 0. The zero-order valence-electron chi connectivity index (χ0n) is 12.0. The van der Waals surface area contributed by atoms with Gasteiger partial charge in [-0.2, -0.15) is 0 Å². The van der Waals surface area contributed by atoms with Gasteiger partial charge in [0.15, 0.2) is 0 Å². The maximum absolute atomic E-state index is 11.5. The van der Waals surface area contributed by atoms with Gasteiger partial charge in [-0.25, -0.2) is 0 Å². The van der Waals surface area contributed by atoms with E-state index in [4.69, 9.17) is 0 Å². The Hall–Kier alpha value is -1.31. The van der Waals surface area contributed by atoms with Crippen molar-refractivity contribution in [3.8, 4) is 0 Å². The van der Waals surface area contributed by atoms with Crippen LogP contribution in [0.1, 0.15) is 45.7 Å². The lowest BCUT2D eigenvalue weighted by molar-refractivity contribution is -0.145. The highest BCUT2D eigenvalue weighted by Gasteiger charge is 2.38. The van der Waals surface area contributed by atoms with Crippen molar-refractivity contribution in [2.75, 3.05) is 0 Å². The number of hydrogen-bond acceptors (Lipinski definition) is 1. The molecule has 1 atom stereocenters. The van der Waals surface area contributed by atoms with Crippen molar-refractivity contribution < 1.29 is 9.90 Å². The first-order valence-corrected chi connectivity index (χ1v) is 6.61. The summed E-state index contributed by atoms with van der Waals surface area (Å²) in [6.07, 6.45) is 1.03. The van der Waals surface area contributed by atoms with Crippen molar-refractivity contribution in [1.82, 2.24) is 0 Å². The van der Waals surface area contributed by atoms with Gasteiger partial charge in [-0.1, -0.05) is 52.0 Å². The highest BCUT2D eigenvalue weighted by Crippen LogP contribution is 2.32. The summed E-state index contributed by atoms with van der Waals surface area (Å²) in [5, 5.41) is 9.47. The van der Waals surface area contributed by atoms with E-state index >= 15 is 0 Å². The van der Waals surface area contributed by atoms with Crippen molar-refractivity contribution >= 4 is 5.97 Å². The van der Waals surface area contributed by atoms with E-state index < -0.39 is 11.4 Å². The van der Waals surface area contributed by atoms with Crippen LogP contribution in [0.4, 0.5) is 0 Å². The summed E-state index contributed by atoms with van der Waals surface area (Å²) < 4.78 is 0. The molecule has 100 valence electrons. The minimum absolute atomic E-state index is 0.0611. The number of carbonyl (C=O) groups is 1. The van der Waals surface area contributed by atoms with E-state index in [0.717, 1.165) is 12.0 Å². The molecule has 0 saturated carbocycles. The normalized spacial score (nSPS) is 14.8. The third-order valence-corrected chi connectivity index (χ3v) is 3.80. The van der Waals surface area contributed by atoms with Crippen molar-refractivity contribution in [1.29, 1.82) is 0 Å². The molecule has 0 radical (unpaired) electrons. The molecule has 0 aromatic heterocycles. The molecular formula is C16H24O2. The topological polar surface area (TPSA) is 37.3 Å². The van der Waals surface area contributed by atoms with Gasteiger partial charge in [0.25, 0.3) is 0 Å². The van der Waals surface area contributed by atoms with E-state index in [1.165, 1.54) is 5.56 Å². The summed E-state index contributed by atoms with van der Waals surface area (Å²) in [4.78, 5) is 11.5. The van der Waals surface area contributed by atoms with Gasteiger partial charge in [-0.05, 0) is 36.3 Å². The Morgan fingerprint density at radius 3 is 2.00 bits per heavy atom. The van der Waals surface area contributed by atoms with Crippen molar-refractivity contribution in [2.45, 2.75) is 46.5 Å². The van der Waals surface area contributed by atoms with Crippen LogP contribution < -0.4 is 0 Å². The van der Waals surface area contributed by atoms with Crippen molar-refractivity contribution in [3.63, 3.8) is 0 Å². The van der Waals surface area contributed by atoms with Crippen LogP contribution in [-0.4, -0.2) is 11.1 Å². The van der Waals surface area contributed by atoms with E-state index in [2.05, 4.69) is 26.0 Å². The van der Waals surface area contributed by atoms with Crippen LogP contribution in [0.5, 0.6) is 0 Å². The first-order chi connectivity index (χ1) is 8.28.